The molecule has 0 radical (unpaired) electrons. The summed E-state index contributed by atoms with van der Waals surface area (Å²) in [6, 6.07) is 9.19. The molecule has 1 amide bonds. The van der Waals surface area contributed by atoms with Gasteiger partial charge in [-0.3, -0.25) is 4.79 Å². The lowest BCUT2D eigenvalue weighted by Crippen LogP contribution is -2.45. The van der Waals surface area contributed by atoms with Crippen LogP contribution in [0.3, 0.4) is 0 Å². The number of carbonyl (C=O) groups excluding carboxylic acids is 1. The summed E-state index contributed by atoms with van der Waals surface area (Å²) in [5.41, 5.74) is 0.795. The Morgan fingerprint density at radius 2 is 2.00 bits per heavy atom. The first-order valence-electron chi connectivity index (χ1n) is 8.14. The normalized spacial score (nSPS) is 18.6. The zero-order chi connectivity index (χ0) is 18.7. The summed E-state index contributed by atoms with van der Waals surface area (Å²) in [4.78, 5) is 12.4. The lowest BCUT2D eigenvalue weighted by molar-refractivity contribution is -0.126. The van der Waals surface area contributed by atoms with Crippen molar-refractivity contribution in [1.29, 1.82) is 0 Å². The number of amides is 1. The van der Waals surface area contributed by atoms with Crippen LogP contribution in [0, 0.1) is 11.7 Å². The zero-order valence-corrected chi connectivity index (χ0v) is 17.0. The second kappa shape index (κ2) is 8.16. The van der Waals surface area contributed by atoms with E-state index in [0.717, 1.165) is 20.7 Å². The summed E-state index contributed by atoms with van der Waals surface area (Å²) < 4.78 is 40.8. The van der Waals surface area contributed by atoms with Crippen LogP contribution in [0.2, 0.25) is 0 Å². The van der Waals surface area contributed by atoms with Gasteiger partial charge >= 0.3 is 0 Å². The van der Waals surface area contributed by atoms with Gasteiger partial charge in [-0.25, -0.2) is 12.8 Å². The Balaban J connectivity index is 1.62. The molecule has 1 N–H and O–H groups in total. The third kappa shape index (κ3) is 4.51. The van der Waals surface area contributed by atoms with E-state index in [2.05, 4.69) is 21.2 Å². The molecule has 5 nitrogen and oxygen atoms in total. The predicted octanol–water partition coefficient (Wildman–Crippen LogP) is 3.37. The number of nitrogens with one attached hydrogen (secondary N) is 1. The monoisotopic (exact) mass is 460 g/mol. The minimum Gasteiger partial charge on any atom is -0.352 e. The molecule has 1 atom stereocenters. The zero-order valence-electron chi connectivity index (χ0n) is 13.8. The summed E-state index contributed by atoms with van der Waals surface area (Å²) in [5.74, 6) is -0.891. The number of sulfonamides is 1. The number of hydrogen-bond donors (Lipinski definition) is 1. The molecule has 0 bridgehead atoms. The highest BCUT2D eigenvalue weighted by Crippen LogP contribution is 2.30. The fourth-order valence-electron chi connectivity index (χ4n) is 2.87. The quantitative estimate of drug-likeness (QED) is 0.743. The van der Waals surface area contributed by atoms with E-state index in [4.69, 9.17) is 0 Å². The molecule has 0 aliphatic carbocycles. The molecule has 3 rings (SSSR count). The van der Waals surface area contributed by atoms with Crippen LogP contribution in [0.5, 0.6) is 0 Å². The minimum atomic E-state index is -3.58. The number of rotatable bonds is 5. The molecule has 26 heavy (non-hydrogen) atoms. The second-order valence-electron chi connectivity index (χ2n) is 6.11. The van der Waals surface area contributed by atoms with Gasteiger partial charge in [0.2, 0.25) is 5.91 Å². The maximum atomic E-state index is 12.9. The second-order valence-corrected chi connectivity index (χ2v) is 10.7. The number of carbonyl (C=O) groups is 1. The summed E-state index contributed by atoms with van der Waals surface area (Å²) in [6.45, 7) is 0.882. The van der Waals surface area contributed by atoms with Gasteiger partial charge in [-0.15, -0.1) is 11.3 Å². The van der Waals surface area contributed by atoms with Crippen LogP contribution >= 0.6 is 27.3 Å². The van der Waals surface area contributed by atoms with Gasteiger partial charge < -0.3 is 5.32 Å². The predicted molar refractivity (Wildman–Crippen MR) is 102 cm³/mol. The van der Waals surface area contributed by atoms with Crippen LogP contribution in [0.15, 0.2) is 44.4 Å². The molecule has 1 saturated heterocycles. The first-order chi connectivity index (χ1) is 12.4. The molecule has 1 aliphatic heterocycles. The molecular formula is C17H18BrFN2O3S2. The molecule has 2 aromatic rings. The molecule has 0 saturated carbocycles. The Bertz CT molecular complexity index is 884. The highest BCUT2D eigenvalue weighted by molar-refractivity contribution is 9.11. The fourth-order valence-corrected chi connectivity index (χ4v) is 6.56. The highest BCUT2D eigenvalue weighted by atomic mass is 79.9. The van der Waals surface area contributed by atoms with Gasteiger partial charge in [0.25, 0.3) is 10.0 Å². The smallest absolute Gasteiger partial charge is 0.252 e. The molecule has 2 heterocycles. The number of thiophene rings is 1. The van der Waals surface area contributed by atoms with Crippen molar-refractivity contribution in [3.8, 4) is 0 Å². The van der Waals surface area contributed by atoms with E-state index in [1.807, 2.05) is 0 Å². The van der Waals surface area contributed by atoms with E-state index < -0.39 is 10.0 Å². The van der Waals surface area contributed by atoms with Crippen LogP contribution in [-0.2, 0) is 21.4 Å². The maximum absolute atomic E-state index is 12.9. The minimum absolute atomic E-state index is 0.174. The summed E-state index contributed by atoms with van der Waals surface area (Å²) in [7, 11) is -3.58. The van der Waals surface area contributed by atoms with Crippen LogP contribution in [0.25, 0.3) is 0 Å². The number of nitrogens with zero attached hydrogens (tertiary/aromatic N) is 1. The Labute approximate surface area is 164 Å². The maximum Gasteiger partial charge on any atom is 0.252 e. The lowest BCUT2D eigenvalue weighted by Gasteiger charge is -2.30. The number of hydrogen-bond acceptors (Lipinski definition) is 4. The van der Waals surface area contributed by atoms with E-state index in [9.17, 15) is 17.6 Å². The molecule has 0 spiro atoms. The van der Waals surface area contributed by atoms with E-state index in [1.165, 1.54) is 16.4 Å². The van der Waals surface area contributed by atoms with Crippen LogP contribution in [0.4, 0.5) is 4.39 Å². The van der Waals surface area contributed by atoms with Crippen molar-refractivity contribution in [2.75, 3.05) is 13.1 Å². The fraction of sp³-hybridized carbons (Fsp3) is 0.353. The molecular weight excluding hydrogens is 443 g/mol. The Morgan fingerprint density at radius 1 is 1.27 bits per heavy atom. The van der Waals surface area contributed by atoms with E-state index in [1.54, 1.807) is 24.3 Å². The summed E-state index contributed by atoms with van der Waals surface area (Å²) in [5, 5.41) is 2.82. The molecule has 0 unspecified atom stereocenters. The molecule has 140 valence electrons. The average molecular weight is 461 g/mol. The Kier molecular flexibility index (Phi) is 6.11. The van der Waals surface area contributed by atoms with Gasteiger partial charge in [-0.05, 0) is 58.6 Å². The van der Waals surface area contributed by atoms with Gasteiger partial charge in [0, 0.05) is 19.6 Å². The lowest BCUT2D eigenvalue weighted by atomic mass is 9.99. The van der Waals surface area contributed by atoms with Gasteiger partial charge in [0.1, 0.15) is 10.0 Å². The van der Waals surface area contributed by atoms with Crippen LogP contribution in [0.1, 0.15) is 18.4 Å². The van der Waals surface area contributed by atoms with Crippen molar-refractivity contribution in [3.05, 3.63) is 51.6 Å². The average Bonchev–Trinajstić information content (AvgIpc) is 3.08. The SMILES string of the molecule is O=C(NCc1ccc(F)cc1)[C@@H]1CCCN(S(=O)(=O)c2ccc(Br)s2)C1. The van der Waals surface area contributed by atoms with Crippen molar-refractivity contribution in [2.24, 2.45) is 5.92 Å². The number of piperidine rings is 1. The third-order valence-electron chi connectivity index (χ3n) is 4.28. The molecule has 1 fully saturated rings. The first-order valence-corrected chi connectivity index (χ1v) is 11.2. The number of halogens is 2. The van der Waals surface area contributed by atoms with Crippen molar-refractivity contribution < 1.29 is 17.6 Å². The molecule has 9 heteroatoms. The van der Waals surface area contributed by atoms with Gasteiger partial charge in [-0.2, -0.15) is 4.31 Å². The Hall–Kier alpha value is -1.29. The van der Waals surface area contributed by atoms with Gasteiger partial charge in [0.05, 0.1) is 9.70 Å². The topological polar surface area (TPSA) is 66.5 Å². The first kappa shape index (κ1) is 19.5. The van der Waals surface area contributed by atoms with Crippen molar-refractivity contribution in [1.82, 2.24) is 9.62 Å². The number of benzene rings is 1. The summed E-state index contributed by atoms with van der Waals surface area (Å²) >= 11 is 4.44. The van der Waals surface area contributed by atoms with E-state index in [0.29, 0.717) is 25.9 Å². The third-order valence-corrected chi connectivity index (χ3v) is 8.23. The van der Waals surface area contributed by atoms with Crippen LogP contribution < -0.4 is 5.32 Å². The van der Waals surface area contributed by atoms with Gasteiger partial charge in [0.15, 0.2) is 0 Å². The van der Waals surface area contributed by atoms with Crippen molar-refractivity contribution in [2.45, 2.75) is 23.6 Å². The Morgan fingerprint density at radius 3 is 2.65 bits per heavy atom. The van der Waals surface area contributed by atoms with E-state index >= 15 is 0 Å². The van der Waals surface area contributed by atoms with Crippen LogP contribution in [-0.4, -0.2) is 31.7 Å². The van der Waals surface area contributed by atoms with Gasteiger partial charge in [-0.1, -0.05) is 12.1 Å². The molecule has 1 aliphatic rings. The van der Waals surface area contributed by atoms with E-state index in [-0.39, 0.29) is 28.4 Å². The van der Waals surface area contributed by atoms with Crippen molar-refractivity contribution in [3.63, 3.8) is 0 Å². The highest BCUT2D eigenvalue weighted by Gasteiger charge is 2.33. The largest absolute Gasteiger partial charge is 0.352 e. The standard InChI is InChI=1S/C17H18BrFN2O3S2/c18-15-7-8-16(25-15)26(23,24)21-9-1-2-13(11-21)17(22)20-10-12-3-5-14(19)6-4-12/h3-8,13H,1-2,9-11H2,(H,20,22)/t13-/m1/s1. The molecule has 1 aromatic carbocycles. The summed E-state index contributed by atoms with van der Waals surface area (Å²) in [6.07, 6.45) is 1.29. The molecule has 1 aromatic heterocycles. The van der Waals surface area contributed by atoms with Crippen molar-refractivity contribution >= 4 is 43.2 Å².